The smallest absolute Gasteiger partial charge is 0.263 e. The molecule has 2 aromatic carbocycles. The van der Waals surface area contributed by atoms with Gasteiger partial charge in [0.1, 0.15) is 18.2 Å². The summed E-state index contributed by atoms with van der Waals surface area (Å²) >= 11 is 5.68. The molecule has 0 aliphatic carbocycles. The Kier molecular flexibility index (Phi) is 4.71. The molecule has 2 atom stereocenters. The lowest BCUT2D eigenvalue weighted by molar-refractivity contribution is -0.123. The predicted molar refractivity (Wildman–Crippen MR) is 98.1 cm³/mol. The van der Waals surface area contributed by atoms with Gasteiger partial charge in [0.2, 0.25) is 5.91 Å². The van der Waals surface area contributed by atoms with Crippen molar-refractivity contribution < 1.29 is 23.2 Å². The number of nitrogens with zero attached hydrogens (tertiary/aromatic N) is 4. The van der Waals surface area contributed by atoms with Crippen molar-refractivity contribution in [2.45, 2.75) is 12.1 Å². The number of rotatable bonds is 4. The highest BCUT2D eigenvalue weighted by Gasteiger charge is 2.55. The third kappa shape index (κ3) is 3.42. The Morgan fingerprint density at radius 3 is 2.52 bits per heavy atom. The number of imide groups is 1. The van der Waals surface area contributed by atoms with Crippen molar-refractivity contribution in [1.29, 1.82) is 0 Å². The first-order valence-electron chi connectivity index (χ1n) is 8.41. The molecule has 1 fully saturated rings. The van der Waals surface area contributed by atoms with Gasteiger partial charge in [-0.15, -0.1) is 0 Å². The molecular formula is C18H12ClF2N5O3. The Bertz CT molecular complexity index is 1050. The fourth-order valence-electron chi connectivity index (χ4n) is 3.12. The van der Waals surface area contributed by atoms with Crippen LogP contribution in [0, 0.1) is 11.6 Å². The molecule has 8 nitrogen and oxygen atoms in total. The zero-order valence-electron chi connectivity index (χ0n) is 14.6. The molecule has 4 rings (SSSR count). The van der Waals surface area contributed by atoms with Crippen molar-refractivity contribution in [3.05, 3.63) is 59.1 Å². The zero-order chi connectivity index (χ0) is 20.7. The fraction of sp³-hybridized carbons (Fsp3) is 0.167. The lowest BCUT2D eigenvalue weighted by Crippen LogP contribution is -2.43. The van der Waals surface area contributed by atoms with Crippen LogP contribution in [-0.4, -0.2) is 41.4 Å². The van der Waals surface area contributed by atoms with E-state index in [0.29, 0.717) is 0 Å². The SMILES string of the molecule is O=C(CN1N=N[C@@H]2C(=O)N(c3ccc(F)cc3)C(=O)[C@H]21)Nc1ccc(F)c(Cl)c1. The van der Waals surface area contributed by atoms with Crippen molar-refractivity contribution in [3.8, 4) is 0 Å². The highest BCUT2D eigenvalue weighted by Crippen LogP contribution is 2.31. The van der Waals surface area contributed by atoms with E-state index >= 15 is 0 Å². The monoisotopic (exact) mass is 419 g/mol. The van der Waals surface area contributed by atoms with Crippen LogP contribution in [0.4, 0.5) is 20.2 Å². The molecule has 0 radical (unpaired) electrons. The molecule has 0 bridgehead atoms. The average Bonchev–Trinajstić information content (AvgIpc) is 3.19. The second kappa shape index (κ2) is 7.21. The van der Waals surface area contributed by atoms with Gasteiger partial charge in [-0.25, -0.2) is 13.7 Å². The van der Waals surface area contributed by atoms with E-state index in [0.717, 1.165) is 28.1 Å². The number of amides is 3. The summed E-state index contributed by atoms with van der Waals surface area (Å²) in [5, 5.41) is 11.0. The van der Waals surface area contributed by atoms with Crippen LogP contribution in [0.5, 0.6) is 0 Å². The van der Waals surface area contributed by atoms with Crippen molar-refractivity contribution in [2.75, 3.05) is 16.8 Å². The molecule has 2 aliphatic heterocycles. The molecule has 0 unspecified atom stereocenters. The minimum absolute atomic E-state index is 0.157. The van der Waals surface area contributed by atoms with Gasteiger partial charge >= 0.3 is 0 Å². The minimum atomic E-state index is -1.08. The molecule has 1 N–H and O–H groups in total. The number of nitrogens with one attached hydrogen (secondary N) is 1. The summed E-state index contributed by atoms with van der Waals surface area (Å²) in [4.78, 5) is 38.5. The molecule has 0 saturated carbocycles. The lowest BCUT2D eigenvalue weighted by atomic mass is 10.1. The fourth-order valence-corrected chi connectivity index (χ4v) is 3.30. The first-order valence-corrected chi connectivity index (χ1v) is 8.78. The van der Waals surface area contributed by atoms with Gasteiger partial charge in [-0.3, -0.25) is 19.4 Å². The Hall–Kier alpha value is -3.40. The number of fused-ring (bicyclic) bond motifs is 1. The highest BCUT2D eigenvalue weighted by molar-refractivity contribution is 6.31. The van der Waals surface area contributed by atoms with Crippen LogP contribution in [0.1, 0.15) is 0 Å². The van der Waals surface area contributed by atoms with Gasteiger partial charge in [0.05, 0.1) is 10.7 Å². The molecule has 2 heterocycles. The molecule has 2 aromatic rings. The van der Waals surface area contributed by atoms with Gasteiger partial charge in [-0.2, -0.15) is 5.11 Å². The quantitative estimate of drug-likeness (QED) is 0.770. The summed E-state index contributed by atoms with van der Waals surface area (Å²) in [6.07, 6.45) is 0. The van der Waals surface area contributed by atoms with E-state index < -0.39 is 41.4 Å². The van der Waals surface area contributed by atoms with Crippen LogP contribution in [0.3, 0.4) is 0 Å². The first-order chi connectivity index (χ1) is 13.8. The maximum absolute atomic E-state index is 13.2. The van der Waals surface area contributed by atoms with Crippen LogP contribution in [0.25, 0.3) is 0 Å². The van der Waals surface area contributed by atoms with E-state index in [-0.39, 0.29) is 22.9 Å². The molecular weight excluding hydrogens is 408 g/mol. The second-order valence-corrected chi connectivity index (χ2v) is 6.76. The molecule has 29 heavy (non-hydrogen) atoms. The second-order valence-electron chi connectivity index (χ2n) is 6.36. The first kappa shape index (κ1) is 18.9. The third-order valence-corrected chi connectivity index (χ3v) is 4.74. The average molecular weight is 420 g/mol. The maximum Gasteiger partial charge on any atom is 0.263 e. The highest BCUT2D eigenvalue weighted by atomic mass is 35.5. The normalized spacial score (nSPS) is 20.4. The number of carbonyl (C=O) groups is 3. The summed E-state index contributed by atoms with van der Waals surface area (Å²) in [5.41, 5.74) is 0.465. The number of benzene rings is 2. The van der Waals surface area contributed by atoms with Gasteiger partial charge in [-0.1, -0.05) is 16.8 Å². The third-order valence-electron chi connectivity index (χ3n) is 4.45. The molecule has 0 spiro atoms. The Balaban J connectivity index is 1.48. The van der Waals surface area contributed by atoms with Crippen molar-refractivity contribution in [3.63, 3.8) is 0 Å². The van der Waals surface area contributed by atoms with E-state index in [1.165, 1.54) is 24.3 Å². The minimum Gasteiger partial charge on any atom is -0.324 e. The standard InChI is InChI=1S/C18H12ClF2N5O3/c19-12-7-10(3-6-13(12)21)22-14(27)8-25-16-15(23-24-25)17(28)26(18(16)29)11-4-1-9(20)2-5-11/h1-7,15-16H,8H2,(H,22,27)/t15-,16-/m0/s1. The Morgan fingerprint density at radius 2 is 1.83 bits per heavy atom. The summed E-state index contributed by atoms with van der Waals surface area (Å²) in [6, 6.07) is 6.38. The Morgan fingerprint density at radius 1 is 1.10 bits per heavy atom. The van der Waals surface area contributed by atoms with E-state index in [1.54, 1.807) is 0 Å². The molecule has 2 aliphatic rings. The lowest BCUT2D eigenvalue weighted by Gasteiger charge is -2.20. The van der Waals surface area contributed by atoms with E-state index in [9.17, 15) is 23.2 Å². The molecule has 0 aromatic heterocycles. The molecule has 11 heteroatoms. The molecule has 1 saturated heterocycles. The van der Waals surface area contributed by atoms with Crippen LogP contribution < -0.4 is 10.2 Å². The predicted octanol–water partition coefficient (Wildman–Crippen LogP) is 2.55. The summed E-state index contributed by atoms with van der Waals surface area (Å²) in [6.45, 7) is -0.365. The van der Waals surface area contributed by atoms with Gasteiger partial charge in [0.15, 0.2) is 12.1 Å². The summed E-state index contributed by atoms with van der Waals surface area (Å²) < 4.78 is 26.3. The number of halogens is 3. The molecule has 148 valence electrons. The van der Waals surface area contributed by atoms with Gasteiger partial charge in [0, 0.05) is 5.69 Å². The number of anilines is 2. The van der Waals surface area contributed by atoms with Gasteiger partial charge in [0.25, 0.3) is 11.8 Å². The number of hydrogen-bond acceptors (Lipinski definition) is 6. The van der Waals surface area contributed by atoms with Crippen LogP contribution >= 0.6 is 11.6 Å². The summed E-state index contributed by atoms with van der Waals surface area (Å²) in [5.74, 6) is -2.92. The summed E-state index contributed by atoms with van der Waals surface area (Å²) in [7, 11) is 0. The van der Waals surface area contributed by atoms with Crippen molar-refractivity contribution in [1.82, 2.24) is 5.01 Å². The Labute approximate surface area is 167 Å². The molecule has 3 amide bonds. The maximum atomic E-state index is 13.2. The van der Waals surface area contributed by atoms with Crippen molar-refractivity contribution >= 4 is 40.7 Å². The van der Waals surface area contributed by atoms with E-state index in [2.05, 4.69) is 15.7 Å². The van der Waals surface area contributed by atoms with E-state index in [4.69, 9.17) is 11.6 Å². The number of carbonyl (C=O) groups excluding carboxylic acids is 3. The van der Waals surface area contributed by atoms with Gasteiger partial charge in [-0.05, 0) is 42.5 Å². The van der Waals surface area contributed by atoms with Gasteiger partial charge < -0.3 is 5.32 Å². The zero-order valence-corrected chi connectivity index (χ0v) is 15.3. The topological polar surface area (TPSA) is 94.4 Å². The van der Waals surface area contributed by atoms with Crippen molar-refractivity contribution in [2.24, 2.45) is 10.3 Å². The van der Waals surface area contributed by atoms with Crippen LogP contribution in [0.15, 0.2) is 52.8 Å². The van der Waals surface area contributed by atoms with Crippen LogP contribution in [-0.2, 0) is 14.4 Å². The largest absolute Gasteiger partial charge is 0.324 e. The number of hydrogen-bond donors (Lipinski definition) is 1. The van der Waals surface area contributed by atoms with E-state index in [1.807, 2.05) is 0 Å². The van der Waals surface area contributed by atoms with Crippen LogP contribution in [0.2, 0.25) is 5.02 Å².